The van der Waals surface area contributed by atoms with Gasteiger partial charge in [0.15, 0.2) is 0 Å². The number of piperazine rings is 1. The van der Waals surface area contributed by atoms with E-state index in [4.69, 9.17) is 4.74 Å². The fourth-order valence-electron chi connectivity index (χ4n) is 1.97. The van der Waals surface area contributed by atoms with E-state index in [9.17, 15) is 9.59 Å². The third-order valence-corrected chi connectivity index (χ3v) is 2.86. The van der Waals surface area contributed by atoms with E-state index in [1.165, 1.54) is 4.90 Å². The Morgan fingerprint density at radius 3 is 2.57 bits per heavy atom. The van der Waals surface area contributed by atoms with Crippen LogP contribution in [0.2, 0.25) is 0 Å². The summed E-state index contributed by atoms with van der Waals surface area (Å²) in [6.45, 7) is 6.23. The molecule has 1 aliphatic heterocycles. The first-order chi connectivity index (χ1) is 9.87. The Labute approximate surface area is 124 Å². The van der Waals surface area contributed by atoms with Crippen LogP contribution >= 0.6 is 0 Å². The van der Waals surface area contributed by atoms with E-state index in [2.05, 4.69) is 5.32 Å². The lowest BCUT2D eigenvalue weighted by Crippen LogP contribution is -2.49. The first kappa shape index (κ1) is 15.1. The van der Waals surface area contributed by atoms with Crippen LogP contribution in [0, 0.1) is 0 Å². The molecule has 0 unspecified atom stereocenters. The normalized spacial score (nSPS) is 17.6. The summed E-state index contributed by atoms with van der Waals surface area (Å²) in [7, 11) is 0. The van der Waals surface area contributed by atoms with E-state index >= 15 is 0 Å². The highest BCUT2D eigenvalue weighted by atomic mass is 16.6. The number of carbonyl (C=O) groups is 2. The van der Waals surface area contributed by atoms with Gasteiger partial charge in [-0.05, 0) is 32.4 Å². The molecule has 112 valence electrons. The summed E-state index contributed by atoms with van der Waals surface area (Å²) in [6, 6.07) is 9.41. The molecule has 1 aromatic carbocycles. The van der Waals surface area contributed by atoms with Crippen LogP contribution in [0.1, 0.15) is 26.3 Å². The van der Waals surface area contributed by atoms with Gasteiger partial charge in [0.25, 0.3) is 5.91 Å². The van der Waals surface area contributed by atoms with Crippen molar-refractivity contribution in [2.75, 3.05) is 13.1 Å². The molecule has 0 atom stereocenters. The highest BCUT2D eigenvalue weighted by Crippen LogP contribution is 2.18. The molecule has 1 heterocycles. The molecule has 0 spiro atoms. The molecule has 1 saturated heterocycles. The van der Waals surface area contributed by atoms with Gasteiger partial charge in [0.1, 0.15) is 11.3 Å². The minimum atomic E-state index is -0.594. The Bertz CT molecular complexity index is 559. The number of ether oxygens (including phenoxy) is 1. The van der Waals surface area contributed by atoms with Gasteiger partial charge in [0.2, 0.25) is 0 Å². The Balaban J connectivity index is 2.28. The van der Waals surface area contributed by atoms with Crippen molar-refractivity contribution in [3.8, 4) is 0 Å². The fraction of sp³-hybridized carbons (Fsp3) is 0.375. The van der Waals surface area contributed by atoms with Gasteiger partial charge in [-0.15, -0.1) is 0 Å². The molecule has 21 heavy (non-hydrogen) atoms. The van der Waals surface area contributed by atoms with Crippen LogP contribution in [0.25, 0.3) is 6.08 Å². The quantitative estimate of drug-likeness (QED) is 0.807. The zero-order valence-electron chi connectivity index (χ0n) is 12.6. The van der Waals surface area contributed by atoms with E-state index in [1.807, 2.05) is 30.3 Å². The van der Waals surface area contributed by atoms with Gasteiger partial charge in [-0.25, -0.2) is 4.79 Å². The van der Waals surface area contributed by atoms with Crippen molar-refractivity contribution in [3.05, 3.63) is 41.6 Å². The molecule has 5 heteroatoms. The monoisotopic (exact) mass is 288 g/mol. The van der Waals surface area contributed by atoms with Crippen molar-refractivity contribution < 1.29 is 14.3 Å². The van der Waals surface area contributed by atoms with Crippen LogP contribution in [0.5, 0.6) is 0 Å². The number of hydrogen-bond donors (Lipinski definition) is 1. The Hall–Kier alpha value is -2.30. The summed E-state index contributed by atoms with van der Waals surface area (Å²) in [5.41, 5.74) is 0.572. The first-order valence-corrected chi connectivity index (χ1v) is 6.92. The van der Waals surface area contributed by atoms with Crippen LogP contribution < -0.4 is 5.32 Å². The van der Waals surface area contributed by atoms with Crippen LogP contribution in [0.3, 0.4) is 0 Å². The Kier molecular flexibility index (Phi) is 4.31. The van der Waals surface area contributed by atoms with Crippen molar-refractivity contribution in [2.45, 2.75) is 26.4 Å². The summed E-state index contributed by atoms with van der Waals surface area (Å²) in [5.74, 6) is -0.268. The molecule has 0 radical (unpaired) electrons. The largest absolute Gasteiger partial charge is 0.443 e. The van der Waals surface area contributed by atoms with E-state index in [-0.39, 0.29) is 5.91 Å². The number of rotatable bonds is 1. The van der Waals surface area contributed by atoms with Crippen LogP contribution in [0.4, 0.5) is 4.79 Å². The number of benzene rings is 1. The molecule has 1 aliphatic rings. The van der Waals surface area contributed by atoms with Crippen LogP contribution in [-0.2, 0) is 9.53 Å². The van der Waals surface area contributed by atoms with E-state index < -0.39 is 11.7 Å². The maximum atomic E-state index is 12.2. The molecule has 5 nitrogen and oxygen atoms in total. The average molecular weight is 288 g/mol. The summed E-state index contributed by atoms with van der Waals surface area (Å²) >= 11 is 0. The lowest BCUT2D eigenvalue weighted by molar-refractivity contribution is -0.120. The standard InChI is InChI=1S/C16H20N2O3/c1-16(2,3)21-15(20)18-10-9-17-14(19)13(18)11-12-7-5-4-6-8-12/h4-8,11H,9-10H2,1-3H3,(H,17,19). The van der Waals surface area contributed by atoms with Gasteiger partial charge in [-0.3, -0.25) is 9.69 Å². The second-order valence-electron chi connectivity index (χ2n) is 5.83. The van der Waals surface area contributed by atoms with Gasteiger partial charge in [-0.1, -0.05) is 30.3 Å². The number of amides is 2. The third-order valence-electron chi connectivity index (χ3n) is 2.86. The first-order valence-electron chi connectivity index (χ1n) is 6.92. The molecule has 0 bridgehead atoms. The number of nitrogens with one attached hydrogen (secondary N) is 1. The lowest BCUT2D eigenvalue weighted by Gasteiger charge is -2.31. The number of hydrogen-bond acceptors (Lipinski definition) is 3. The van der Waals surface area contributed by atoms with Crippen molar-refractivity contribution in [1.29, 1.82) is 0 Å². The summed E-state index contributed by atoms with van der Waals surface area (Å²) in [4.78, 5) is 25.7. The minimum Gasteiger partial charge on any atom is -0.443 e. The smallest absolute Gasteiger partial charge is 0.415 e. The summed E-state index contributed by atoms with van der Waals surface area (Å²) in [6.07, 6.45) is 1.19. The van der Waals surface area contributed by atoms with Gasteiger partial charge >= 0.3 is 6.09 Å². The van der Waals surface area contributed by atoms with E-state index in [0.29, 0.717) is 18.8 Å². The van der Waals surface area contributed by atoms with Crippen LogP contribution in [0.15, 0.2) is 36.0 Å². The molecule has 0 saturated carbocycles. The highest BCUT2D eigenvalue weighted by Gasteiger charge is 2.30. The Morgan fingerprint density at radius 2 is 1.95 bits per heavy atom. The second kappa shape index (κ2) is 5.99. The third kappa shape index (κ3) is 4.08. The summed E-state index contributed by atoms with van der Waals surface area (Å²) < 4.78 is 5.36. The minimum absolute atomic E-state index is 0.268. The molecule has 1 fully saturated rings. The predicted octanol–water partition coefficient (Wildman–Crippen LogP) is 2.39. The Morgan fingerprint density at radius 1 is 1.29 bits per heavy atom. The van der Waals surface area contributed by atoms with Gasteiger partial charge in [-0.2, -0.15) is 0 Å². The second-order valence-corrected chi connectivity index (χ2v) is 5.83. The molecule has 1 aromatic rings. The number of carbonyl (C=O) groups excluding carboxylic acids is 2. The zero-order valence-corrected chi connectivity index (χ0v) is 12.6. The zero-order chi connectivity index (χ0) is 15.5. The van der Waals surface area contributed by atoms with E-state index in [1.54, 1.807) is 26.8 Å². The van der Waals surface area contributed by atoms with Crippen molar-refractivity contribution >= 4 is 18.1 Å². The molecule has 0 aliphatic carbocycles. The average Bonchev–Trinajstić information content (AvgIpc) is 2.40. The maximum Gasteiger partial charge on any atom is 0.415 e. The molecule has 1 N–H and O–H groups in total. The molecule has 0 aromatic heterocycles. The molecular formula is C16H20N2O3. The topological polar surface area (TPSA) is 58.6 Å². The van der Waals surface area contributed by atoms with Crippen molar-refractivity contribution in [3.63, 3.8) is 0 Å². The maximum absolute atomic E-state index is 12.2. The lowest BCUT2D eigenvalue weighted by atomic mass is 10.1. The fourth-order valence-corrected chi connectivity index (χ4v) is 1.97. The number of nitrogens with zero attached hydrogens (tertiary/aromatic N) is 1. The van der Waals surface area contributed by atoms with Gasteiger partial charge in [0.05, 0.1) is 0 Å². The van der Waals surface area contributed by atoms with Gasteiger partial charge < -0.3 is 10.1 Å². The predicted molar refractivity (Wildman–Crippen MR) is 80.4 cm³/mol. The highest BCUT2D eigenvalue weighted by molar-refractivity contribution is 6.01. The molecular weight excluding hydrogens is 268 g/mol. The molecule has 2 rings (SSSR count). The van der Waals surface area contributed by atoms with Crippen molar-refractivity contribution in [2.24, 2.45) is 0 Å². The van der Waals surface area contributed by atoms with Gasteiger partial charge in [0, 0.05) is 13.1 Å². The summed E-state index contributed by atoms with van der Waals surface area (Å²) in [5, 5.41) is 2.74. The van der Waals surface area contributed by atoms with Crippen LogP contribution in [-0.4, -0.2) is 35.6 Å². The van der Waals surface area contributed by atoms with E-state index in [0.717, 1.165) is 5.56 Å². The van der Waals surface area contributed by atoms with Crippen molar-refractivity contribution in [1.82, 2.24) is 10.2 Å². The molecule has 2 amide bonds. The SMILES string of the molecule is CC(C)(C)OC(=O)N1CCNC(=O)C1=Cc1ccccc1.